The number of para-hydroxylation sites is 3. The second kappa shape index (κ2) is 14.2. The van der Waals surface area contributed by atoms with Crippen molar-refractivity contribution in [2.45, 2.75) is 0 Å². The molecule has 9 aromatic carbocycles. The van der Waals surface area contributed by atoms with E-state index in [9.17, 15) is 9.60 Å². The summed E-state index contributed by atoms with van der Waals surface area (Å²) in [4.78, 5) is 14.6. The van der Waals surface area contributed by atoms with Gasteiger partial charge in [0.1, 0.15) is 0 Å². The fraction of sp³-hybridized carbons (Fsp3) is 0. The molecule has 0 atom stereocenters. The summed E-state index contributed by atoms with van der Waals surface area (Å²) in [5, 5.41) is 0.825. The SMILES string of the molecule is [2H]c1c([2H])c([2H])c(-c2c([2H])c([2H])c3c4c([2H])c([2H])c([2H])c([2H])c4n(-c4nc(-c5cccc(-c6ccc(-c7cccc8sc9ccccc9c78)cc6)c5)nc(-n5c6c([2H])c([2H])c([2H])c([2H])c6c6c([2H])c([2H])c([2H])c([2H])c65)n4)c3c2[2H])c([2H])c1[2H]. The van der Waals surface area contributed by atoms with Crippen LogP contribution < -0.4 is 0 Å². The number of fused-ring (bicyclic) bond motifs is 9. The van der Waals surface area contributed by atoms with Gasteiger partial charge in [-0.25, -0.2) is 0 Å². The lowest BCUT2D eigenvalue weighted by molar-refractivity contribution is 0.893. The molecule has 0 spiro atoms. The van der Waals surface area contributed by atoms with E-state index >= 15 is 0 Å². The molecule has 0 saturated heterocycles. The predicted octanol–water partition coefficient (Wildman–Crippen LogP) is 15.1. The Labute approximate surface area is 394 Å². The number of benzene rings is 9. The highest BCUT2D eigenvalue weighted by atomic mass is 32.1. The Morgan fingerprint density at radius 3 is 1.67 bits per heavy atom. The van der Waals surface area contributed by atoms with Crippen molar-refractivity contribution >= 4 is 75.1 Å². The van der Waals surface area contributed by atoms with Gasteiger partial charge >= 0.3 is 0 Å². The van der Waals surface area contributed by atoms with E-state index in [1.54, 1.807) is 29.5 Å². The van der Waals surface area contributed by atoms with Crippen molar-refractivity contribution in [1.29, 1.82) is 0 Å². The van der Waals surface area contributed by atoms with E-state index in [1.165, 1.54) is 0 Å². The zero-order chi connectivity index (χ0) is 58.8. The second-order valence-electron chi connectivity index (χ2n) is 14.5. The Kier molecular flexibility index (Phi) is 4.75. The maximum absolute atomic E-state index is 9.93. The van der Waals surface area contributed by atoms with Crippen LogP contribution in [0.3, 0.4) is 0 Å². The van der Waals surface area contributed by atoms with E-state index in [2.05, 4.69) is 24.3 Å². The van der Waals surface area contributed by atoms with Crippen LogP contribution >= 0.6 is 11.3 Å². The molecular formula is C57H35N5S. The van der Waals surface area contributed by atoms with E-state index in [0.29, 0.717) is 5.56 Å². The molecular weight excluding hydrogens is 787 g/mol. The van der Waals surface area contributed by atoms with E-state index < -0.39 is 160 Å². The maximum atomic E-state index is 9.93. The number of aromatic nitrogens is 5. The lowest BCUT2D eigenvalue weighted by atomic mass is 9.96. The minimum Gasteiger partial charge on any atom is -0.278 e. The van der Waals surface area contributed by atoms with Gasteiger partial charge in [0.25, 0.3) is 0 Å². The Morgan fingerprint density at radius 2 is 0.952 bits per heavy atom. The minimum absolute atomic E-state index is 0.229. The van der Waals surface area contributed by atoms with Crippen LogP contribution in [-0.2, 0) is 0 Å². The van der Waals surface area contributed by atoms with Gasteiger partial charge in [-0.05, 0) is 75.7 Å². The van der Waals surface area contributed by atoms with Crippen molar-refractivity contribution in [2.24, 2.45) is 0 Å². The van der Waals surface area contributed by atoms with Gasteiger partial charge in [0.05, 0.1) is 49.5 Å². The Bertz CT molecular complexity index is 5010. The van der Waals surface area contributed by atoms with Crippen LogP contribution in [0.1, 0.15) is 27.4 Å². The summed E-state index contributed by atoms with van der Waals surface area (Å²) in [6.07, 6.45) is 0. The maximum Gasteiger partial charge on any atom is 0.240 e. The number of rotatable bonds is 6. The van der Waals surface area contributed by atoms with Crippen molar-refractivity contribution in [1.82, 2.24) is 24.1 Å². The Morgan fingerprint density at radius 1 is 0.381 bits per heavy atom. The van der Waals surface area contributed by atoms with Gasteiger partial charge in [-0.1, -0.05) is 169 Å². The Balaban J connectivity index is 1.14. The number of hydrogen-bond donors (Lipinski definition) is 0. The molecule has 63 heavy (non-hydrogen) atoms. The van der Waals surface area contributed by atoms with Crippen LogP contribution in [0.15, 0.2) is 212 Å². The van der Waals surface area contributed by atoms with E-state index in [1.807, 2.05) is 48.5 Å². The first-order chi connectivity index (χ1) is 39.5. The lowest BCUT2D eigenvalue weighted by Gasteiger charge is -2.13. The minimum atomic E-state index is -0.822. The summed E-state index contributed by atoms with van der Waals surface area (Å²) < 4.78 is 184. The largest absolute Gasteiger partial charge is 0.278 e. The highest BCUT2D eigenvalue weighted by Gasteiger charge is 2.21. The third-order valence-electron chi connectivity index (χ3n) is 11.0. The molecule has 4 heterocycles. The third-order valence-corrected chi connectivity index (χ3v) is 12.1. The summed E-state index contributed by atoms with van der Waals surface area (Å²) >= 11 is 1.71. The highest BCUT2D eigenvalue weighted by molar-refractivity contribution is 7.25. The standard InChI is InChI=1S/C57H35N5S/c1-2-14-36(15-3-1)40-32-33-46-45-20-6-10-25-50(45)62(51(46)35-40)57-59-55(58-56(60-57)61-48-23-8-4-18-43(48)44-19-5-9-24-49(44)61)41-17-12-16-39(34-41)37-28-30-38(31-29-37)42-22-13-27-53-54(42)47-21-7-11-26-52(47)63-53/h1-35H/i1D,2D,3D,4D,5D,6D,8D,9D,10D,14D,15D,18D,19D,20D,23D,24D,25D,32D,33D,35D. The predicted molar refractivity (Wildman–Crippen MR) is 263 cm³/mol. The van der Waals surface area contributed by atoms with Crippen molar-refractivity contribution in [3.8, 4) is 56.7 Å². The van der Waals surface area contributed by atoms with Crippen LogP contribution in [-0.4, -0.2) is 24.1 Å². The zero-order valence-electron chi connectivity index (χ0n) is 52.3. The summed E-state index contributed by atoms with van der Waals surface area (Å²) in [5.74, 6) is -1.37. The number of nitrogens with zero attached hydrogens (tertiary/aromatic N) is 5. The molecule has 0 unspecified atom stereocenters. The van der Waals surface area contributed by atoms with Gasteiger partial charge in [0.2, 0.25) is 11.9 Å². The summed E-state index contributed by atoms with van der Waals surface area (Å²) in [6.45, 7) is 0. The van der Waals surface area contributed by atoms with E-state index in [-0.39, 0.29) is 38.6 Å². The van der Waals surface area contributed by atoms with Gasteiger partial charge < -0.3 is 0 Å². The molecule has 0 aliphatic rings. The Hall–Kier alpha value is -8.19. The monoisotopic (exact) mass is 841 g/mol. The molecule has 0 radical (unpaired) electrons. The van der Waals surface area contributed by atoms with Gasteiger partial charge in [0.15, 0.2) is 5.82 Å². The lowest BCUT2D eigenvalue weighted by Crippen LogP contribution is -2.10. The van der Waals surface area contributed by atoms with Crippen molar-refractivity contribution in [3.63, 3.8) is 0 Å². The van der Waals surface area contributed by atoms with Crippen LogP contribution in [0.2, 0.25) is 0 Å². The number of thiophene rings is 1. The van der Waals surface area contributed by atoms with E-state index in [4.69, 9.17) is 32.8 Å². The van der Waals surface area contributed by atoms with E-state index in [0.717, 1.165) is 46.0 Å². The first-order valence-corrected chi connectivity index (χ1v) is 20.4. The third kappa shape index (κ3) is 5.73. The van der Waals surface area contributed by atoms with Crippen LogP contribution in [0.25, 0.3) is 120 Å². The summed E-state index contributed by atoms with van der Waals surface area (Å²) in [6, 6.07) is 14.1. The average molecular weight is 842 g/mol. The number of hydrogen-bond acceptors (Lipinski definition) is 4. The van der Waals surface area contributed by atoms with Crippen molar-refractivity contribution < 1.29 is 27.4 Å². The first kappa shape index (κ1) is 21.1. The van der Waals surface area contributed by atoms with Gasteiger partial charge in [-0.3, -0.25) is 9.13 Å². The molecule has 0 saturated carbocycles. The molecule has 0 N–H and O–H groups in total. The molecule has 0 amide bonds. The molecule has 4 aromatic heterocycles. The molecule has 5 nitrogen and oxygen atoms in total. The fourth-order valence-corrected chi connectivity index (χ4v) is 9.34. The molecule has 294 valence electrons. The average Bonchev–Trinajstić information content (AvgIpc) is 2.48. The van der Waals surface area contributed by atoms with Gasteiger partial charge in [-0.15, -0.1) is 11.3 Å². The molecule has 13 rings (SSSR count). The first-order valence-electron chi connectivity index (χ1n) is 29.6. The zero-order valence-corrected chi connectivity index (χ0v) is 33.1. The van der Waals surface area contributed by atoms with Crippen LogP contribution in [0.4, 0.5) is 0 Å². The fourth-order valence-electron chi connectivity index (χ4n) is 8.21. The van der Waals surface area contributed by atoms with Crippen LogP contribution in [0.5, 0.6) is 0 Å². The molecule has 0 aliphatic carbocycles. The molecule has 6 heteroatoms. The molecule has 13 aromatic rings. The van der Waals surface area contributed by atoms with Gasteiger partial charge in [0, 0.05) is 47.3 Å². The van der Waals surface area contributed by atoms with Crippen molar-refractivity contribution in [3.05, 3.63) is 212 Å². The second-order valence-corrected chi connectivity index (χ2v) is 15.6. The topological polar surface area (TPSA) is 48.5 Å². The smallest absolute Gasteiger partial charge is 0.240 e. The summed E-state index contributed by atoms with van der Waals surface area (Å²) in [7, 11) is 0. The highest BCUT2D eigenvalue weighted by Crippen LogP contribution is 2.41. The van der Waals surface area contributed by atoms with Gasteiger partial charge in [-0.2, -0.15) is 15.0 Å². The van der Waals surface area contributed by atoms with Crippen molar-refractivity contribution in [2.75, 3.05) is 0 Å². The normalized spacial score (nSPS) is 16.3. The molecule has 0 aliphatic heterocycles. The summed E-state index contributed by atoms with van der Waals surface area (Å²) in [5.41, 5.74) is 0.649. The molecule has 0 bridgehead atoms. The quantitative estimate of drug-likeness (QED) is 0.168. The molecule has 0 fully saturated rings. The van der Waals surface area contributed by atoms with Crippen LogP contribution in [0, 0.1) is 0 Å².